The molecule has 1 atom stereocenters. The van der Waals surface area contributed by atoms with Crippen molar-refractivity contribution in [3.05, 3.63) is 60.2 Å². The fourth-order valence-corrected chi connectivity index (χ4v) is 4.38. The normalized spacial score (nSPS) is 24.3. The largest absolute Gasteiger partial charge is 0.493 e. The molecule has 1 heterocycles. The van der Waals surface area contributed by atoms with Crippen molar-refractivity contribution in [3.8, 4) is 11.5 Å². The van der Waals surface area contributed by atoms with Gasteiger partial charge in [-0.1, -0.05) is 42.5 Å². The predicted octanol–water partition coefficient (Wildman–Crippen LogP) is 4.48. The molecule has 5 nitrogen and oxygen atoms in total. The van der Waals surface area contributed by atoms with Crippen LogP contribution in [0.5, 0.6) is 11.5 Å². The van der Waals surface area contributed by atoms with Crippen molar-refractivity contribution in [2.24, 2.45) is 5.41 Å². The maximum Gasteiger partial charge on any atom is 0.245 e. The molecule has 2 aliphatic carbocycles. The zero-order valence-corrected chi connectivity index (χ0v) is 17.4. The molecule has 4 rings (SSSR count). The van der Waals surface area contributed by atoms with E-state index in [2.05, 4.69) is 5.43 Å². The number of rotatable bonds is 5. The lowest BCUT2D eigenvalue weighted by molar-refractivity contribution is -0.136. The van der Waals surface area contributed by atoms with Crippen molar-refractivity contribution in [2.75, 3.05) is 7.11 Å². The van der Waals surface area contributed by atoms with E-state index in [1.165, 1.54) is 12.8 Å². The summed E-state index contributed by atoms with van der Waals surface area (Å²) < 4.78 is 11.8. The quantitative estimate of drug-likeness (QED) is 0.800. The number of hydrogen-bond donors (Lipinski definition) is 1. The number of hydrogen-bond acceptors (Lipinski definition) is 4. The summed E-state index contributed by atoms with van der Waals surface area (Å²) in [7, 11) is 1.66. The summed E-state index contributed by atoms with van der Waals surface area (Å²) in [5, 5.41) is 1.74. The molecule has 2 fully saturated rings. The fourth-order valence-electron chi connectivity index (χ4n) is 4.38. The van der Waals surface area contributed by atoms with Gasteiger partial charge in [-0.25, -0.2) is 5.43 Å². The Morgan fingerprint density at radius 2 is 1.72 bits per heavy atom. The third-order valence-electron chi connectivity index (χ3n) is 6.12. The van der Waals surface area contributed by atoms with Gasteiger partial charge in [0.05, 0.1) is 30.7 Å². The molecule has 1 amide bonds. The Morgan fingerprint density at radius 3 is 2.38 bits per heavy atom. The zero-order chi connectivity index (χ0) is 20.4. The van der Waals surface area contributed by atoms with Gasteiger partial charge in [0.25, 0.3) is 0 Å². The van der Waals surface area contributed by atoms with E-state index in [-0.39, 0.29) is 24.1 Å². The van der Waals surface area contributed by atoms with Crippen LogP contribution in [0.1, 0.15) is 51.1 Å². The van der Waals surface area contributed by atoms with Gasteiger partial charge >= 0.3 is 0 Å². The first-order valence-electron chi connectivity index (χ1n) is 10.5. The maximum atomic E-state index is 13.2. The SMILES string of the molecule is COc1ccc(C2NN(C3C=CC=CC=C3)C(=O)C2(C)C)cc1OC1CCCC1. The smallest absolute Gasteiger partial charge is 0.245 e. The van der Waals surface area contributed by atoms with Crippen molar-refractivity contribution in [3.63, 3.8) is 0 Å². The molecule has 1 aromatic carbocycles. The highest BCUT2D eigenvalue weighted by molar-refractivity contribution is 5.85. The van der Waals surface area contributed by atoms with E-state index in [1.807, 2.05) is 68.5 Å². The van der Waals surface area contributed by atoms with Gasteiger partial charge in [-0.05, 0) is 57.2 Å². The Labute approximate surface area is 173 Å². The van der Waals surface area contributed by atoms with Crippen LogP contribution in [0.15, 0.2) is 54.7 Å². The van der Waals surface area contributed by atoms with Crippen LogP contribution in [0.4, 0.5) is 0 Å². The van der Waals surface area contributed by atoms with E-state index >= 15 is 0 Å². The highest BCUT2D eigenvalue weighted by Gasteiger charge is 2.49. The molecule has 29 heavy (non-hydrogen) atoms. The molecule has 3 aliphatic rings. The molecule has 1 aromatic rings. The van der Waals surface area contributed by atoms with Gasteiger partial charge in [0.2, 0.25) is 5.91 Å². The van der Waals surface area contributed by atoms with E-state index < -0.39 is 5.41 Å². The van der Waals surface area contributed by atoms with E-state index in [0.29, 0.717) is 0 Å². The second kappa shape index (κ2) is 8.07. The Morgan fingerprint density at radius 1 is 1.03 bits per heavy atom. The van der Waals surface area contributed by atoms with Crippen LogP contribution in [0.2, 0.25) is 0 Å². The standard InChI is InChI=1S/C24H30N2O3/c1-24(2)22(25-26(23(24)27)18-10-6-4-5-7-11-18)17-14-15-20(28-3)21(16-17)29-19-12-8-9-13-19/h4-7,10-11,14-16,18-19,22,25H,8-9,12-13H2,1-3H3. The average molecular weight is 395 g/mol. The van der Waals surface area contributed by atoms with Crippen LogP contribution in [0, 0.1) is 5.41 Å². The summed E-state index contributed by atoms with van der Waals surface area (Å²) in [6.07, 6.45) is 16.8. The first-order valence-corrected chi connectivity index (χ1v) is 10.5. The van der Waals surface area contributed by atoms with Gasteiger partial charge < -0.3 is 9.47 Å². The number of benzene rings is 1. The topological polar surface area (TPSA) is 50.8 Å². The van der Waals surface area contributed by atoms with Crippen LogP contribution in [0.25, 0.3) is 0 Å². The number of methoxy groups -OCH3 is 1. The number of carbonyl (C=O) groups excluding carboxylic acids is 1. The molecule has 1 saturated heterocycles. The molecule has 1 unspecified atom stereocenters. The third kappa shape index (κ3) is 3.84. The van der Waals surface area contributed by atoms with E-state index in [1.54, 1.807) is 12.1 Å². The highest BCUT2D eigenvalue weighted by Crippen LogP contribution is 2.43. The molecule has 1 aliphatic heterocycles. The monoisotopic (exact) mass is 394 g/mol. The summed E-state index contributed by atoms with van der Waals surface area (Å²) in [6, 6.07) is 5.74. The summed E-state index contributed by atoms with van der Waals surface area (Å²) in [5.74, 6) is 1.58. The molecule has 1 N–H and O–H groups in total. The Bertz CT molecular complexity index is 834. The molecule has 0 bridgehead atoms. The van der Waals surface area contributed by atoms with E-state index in [9.17, 15) is 4.79 Å². The van der Waals surface area contributed by atoms with Crippen LogP contribution < -0.4 is 14.9 Å². The van der Waals surface area contributed by atoms with Crippen LogP contribution in [0.3, 0.4) is 0 Å². The second-order valence-corrected chi connectivity index (χ2v) is 8.54. The lowest BCUT2D eigenvalue weighted by Gasteiger charge is -2.25. The lowest BCUT2D eigenvalue weighted by Crippen LogP contribution is -2.42. The summed E-state index contributed by atoms with van der Waals surface area (Å²) in [4.78, 5) is 13.2. The van der Waals surface area contributed by atoms with Crippen LogP contribution >= 0.6 is 0 Å². The zero-order valence-electron chi connectivity index (χ0n) is 17.4. The maximum absolute atomic E-state index is 13.2. The molecular weight excluding hydrogens is 364 g/mol. The summed E-state index contributed by atoms with van der Waals surface area (Å²) >= 11 is 0. The number of hydrazine groups is 1. The molecule has 0 aromatic heterocycles. The van der Waals surface area contributed by atoms with Gasteiger partial charge in [0, 0.05) is 0 Å². The number of allylic oxidation sites excluding steroid dienone is 4. The molecular formula is C24H30N2O3. The van der Waals surface area contributed by atoms with E-state index in [0.717, 1.165) is 29.9 Å². The van der Waals surface area contributed by atoms with Crippen molar-refractivity contribution in [2.45, 2.75) is 57.7 Å². The van der Waals surface area contributed by atoms with Crippen molar-refractivity contribution in [1.82, 2.24) is 10.4 Å². The number of carbonyl (C=O) groups is 1. The fraction of sp³-hybridized carbons (Fsp3) is 0.458. The van der Waals surface area contributed by atoms with Gasteiger partial charge in [-0.2, -0.15) is 0 Å². The number of nitrogens with one attached hydrogen (secondary N) is 1. The summed E-state index contributed by atoms with van der Waals surface area (Å²) in [6.45, 7) is 3.99. The Kier molecular flexibility index (Phi) is 5.50. The highest BCUT2D eigenvalue weighted by atomic mass is 16.5. The summed E-state index contributed by atoms with van der Waals surface area (Å²) in [5.41, 5.74) is 3.90. The Balaban J connectivity index is 1.62. The molecule has 5 heteroatoms. The Hall–Kier alpha value is -2.53. The average Bonchev–Trinajstić information content (AvgIpc) is 3.18. The number of amides is 1. The van der Waals surface area contributed by atoms with Gasteiger partial charge in [-0.3, -0.25) is 9.80 Å². The van der Waals surface area contributed by atoms with Gasteiger partial charge in [-0.15, -0.1) is 0 Å². The molecule has 154 valence electrons. The van der Waals surface area contributed by atoms with Crippen molar-refractivity contribution in [1.29, 1.82) is 0 Å². The minimum absolute atomic E-state index is 0.0813. The van der Waals surface area contributed by atoms with Gasteiger partial charge in [0.15, 0.2) is 11.5 Å². The predicted molar refractivity (Wildman–Crippen MR) is 114 cm³/mol. The first-order chi connectivity index (χ1) is 14.0. The molecule has 0 spiro atoms. The van der Waals surface area contributed by atoms with E-state index in [4.69, 9.17) is 9.47 Å². The van der Waals surface area contributed by atoms with Crippen molar-refractivity contribution < 1.29 is 14.3 Å². The van der Waals surface area contributed by atoms with Crippen LogP contribution in [-0.2, 0) is 4.79 Å². The van der Waals surface area contributed by atoms with Gasteiger partial charge in [0.1, 0.15) is 0 Å². The molecule has 1 saturated carbocycles. The minimum Gasteiger partial charge on any atom is -0.493 e. The second-order valence-electron chi connectivity index (χ2n) is 8.54. The molecule has 0 radical (unpaired) electrons. The number of nitrogens with zero attached hydrogens (tertiary/aromatic N) is 1. The number of ether oxygens (including phenoxy) is 2. The third-order valence-corrected chi connectivity index (χ3v) is 6.12. The minimum atomic E-state index is -0.583. The van der Waals surface area contributed by atoms with Crippen molar-refractivity contribution >= 4 is 5.91 Å². The van der Waals surface area contributed by atoms with Crippen LogP contribution in [-0.4, -0.2) is 30.2 Å². The lowest BCUT2D eigenvalue weighted by atomic mass is 9.81. The first kappa shape index (κ1) is 19.8.